The topological polar surface area (TPSA) is 57.7 Å². The van der Waals surface area contributed by atoms with Crippen LogP contribution in [-0.2, 0) is 16.1 Å². The van der Waals surface area contributed by atoms with Gasteiger partial charge in [-0.3, -0.25) is 9.69 Å². The summed E-state index contributed by atoms with van der Waals surface area (Å²) in [5.41, 5.74) is 4.22. The Morgan fingerprint density at radius 1 is 0.971 bits per heavy atom. The van der Waals surface area contributed by atoms with Gasteiger partial charge in [-0.15, -0.1) is 0 Å². The molecule has 0 radical (unpaired) electrons. The van der Waals surface area contributed by atoms with Crippen LogP contribution in [0, 0.1) is 5.82 Å². The molecule has 3 aromatic rings. The van der Waals surface area contributed by atoms with Gasteiger partial charge in [0.25, 0.3) is 0 Å². The van der Waals surface area contributed by atoms with Crippen molar-refractivity contribution in [2.75, 3.05) is 51.3 Å². The molecular formula is C27H31FN4O2. The molecule has 0 bridgehead atoms. The lowest BCUT2D eigenvalue weighted by molar-refractivity contribution is -0.116. The molecule has 5 rings (SSSR count). The lowest BCUT2D eigenvalue weighted by Crippen LogP contribution is -2.35. The summed E-state index contributed by atoms with van der Waals surface area (Å²) in [5.74, 6) is -0.405. The fourth-order valence-corrected chi connectivity index (χ4v) is 4.73. The van der Waals surface area contributed by atoms with Crippen LogP contribution in [-0.4, -0.2) is 66.6 Å². The Hall–Kier alpha value is -2.87. The number of morpholine rings is 1. The predicted octanol–water partition coefficient (Wildman–Crippen LogP) is 4.30. The molecule has 0 spiro atoms. The van der Waals surface area contributed by atoms with E-state index in [0.29, 0.717) is 23.0 Å². The van der Waals surface area contributed by atoms with Crippen molar-refractivity contribution in [1.29, 1.82) is 0 Å². The molecule has 34 heavy (non-hydrogen) atoms. The Morgan fingerprint density at radius 2 is 1.74 bits per heavy atom. The molecule has 6 nitrogen and oxygen atoms in total. The van der Waals surface area contributed by atoms with Gasteiger partial charge in [0.2, 0.25) is 5.91 Å². The van der Waals surface area contributed by atoms with Gasteiger partial charge in [0.15, 0.2) is 0 Å². The number of carbonyl (C=O) groups is 1. The monoisotopic (exact) mass is 462 g/mol. The molecule has 1 aromatic heterocycles. The van der Waals surface area contributed by atoms with Crippen LogP contribution in [0.1, 0.15) is 24.8 Å². The van der Waals surface area contributed by atoms with E-state index in [0.717, 1.165) is 63.7 Å². The van der Waals surface area contributed by atoms with Crippen molar-refractivity contribution >= 4 is 22.5 Å². The van der Waals surface area contributed by atoms with Crippen molar-refractivity contribution in [1.82, 2.24) is 14.8 Å². The highest BCUT2D eigenvalue weighted by molar-refractivity contribution is 6.02. The number of rotatable bonds is 7. The number of aromatic nitrogens is 1. The largest absolute Gasteiger partial charge is 0.379 e. The van der Waals surface area contributed by atoms with E-state index in [-0.39, 0.29) is 11.7 Å². The van der Waals surface area contributed by atoms with Gasteiger partial charge >= 0.3 is 0 Å². The molecule has 0 saturated carbocycles. The SMILES string of the molecule is O=C(CCN1CCCC1)Nc1cc(-c2ccc(CN3CCOCC3)cc2)nc2ccc(F)cc12. The number of ether oxygens (including phenoxy) is 1. The predicted molar refractivity (Wildman–Crippen MR) is 132 cm³/mol. The van der Waals surface area contributed by atoms with Crippen molar-refractivity contribution in [3.8, 4) is 11.3 Å². The number of hydrogen-bond acceptors (Lipinski definition) is 5. The highest BCUT2D eigenvalue weighted by Gasteiger charge is 2.16. The summed E-state index contributed by atoms with van der Waals surface area (Å²) < 4.78 is 19.4. The molecular weight excluding hydrogens is 431 g/mol. The number of carbonyl (C=O) groups excluding carboxylic acids is 1. The summed E-state index contributed by atoms with van der Waals surface area (Å²) in [7, 11) is 0. The molecule has 0 aliphatic carbocycles. The highest BCUT2D eigenvalue weighted by atomic mass is 19.1. The van der Waals surface area contributed by atoms with Crippen LogP contribution in [0.25, 0.3) is 22.2 Å². The third-order valence-corrected chi connectivity index (χ3v) is 6.66. The smallest absolute Gasteiger partial charge is 0.225 e. The number of benzene rings is 2. The van der Waals surface area contributed by atoms with Crippen molar-refractivity contribution in [2.24, 2.45) is 0 Å². The van der Waals surface area contributed by atoms with Gasteiger partial charge < -0.3 is 15.0 Å². The number of anilines is 1. The number of halogens is 1. The van der Waals surface area contributed by atoms with Crippen LogP contribution in [0.3, 0.4) is 0 Å². The van der Waals surface area contributed by atoms with Gasteiger partial charge in [-0.2, -0.15) is 0 Å². The maximum Gasteiger partial charge on any atom is 0.225 e. The maximum atomic E-state index is 14.0. The van der Waals surface area contributed by atoms with Crippen LogP contribution in [0.15, 0.2) is 48.5 Å². The molecule has 2 aliphatic heterocycles. The maximum absolute atomic E-state index is 14.0. The summed E-state index contributed by atoms with van der Waals surface area (Å²) >= 11 is 0. The first kappa shape index (κ1) is 22.9. The lowest BCUT2D eigenvalue weighted by atomic mass is 10.1. The number of fused-ring (bicyclic) bond motifs is 1. The summed E-state index contributed by atoms with van der Waals surface area (Å²) in [6.07, 6.45) is 2.82. The molecule has 2 aliphatic rings. The fourth-order valence-electron chi connectivity index (χ4n) is 4.73. The summed E-state index contributed by atoms with van der Waals surface area (Å²) in [6.45, 7) is 7.23. The van der Waals surface area contributed by atoms with E-state index in [4.69, 9.17) is 9.72 Å². The zero-order valence-corrected chi connectivity index (χ0v) is 19.4. The number of hydrogen-bond donors (Lipinski definition) is 1. The minimum absolute atomic E-state index is 0.0597. The Morgan fingerprint density at radius 3 is 2.50 bits per heavy atom. The van der Waals surface area contributed by atoms with Gasteiger partial charge in [-0.25, -0.2) is 9.37 Å². The average Bonchev–Trinajstić information content (AvgIpc) is 3.38. The first-order chi connectivity index (χ1) is 16.6. The van der Waals surface area contributed by atoms with Crippen LogP contribution >= 0.6 is 0 Å². The minimum atomic E-state index is -0.345. The molecule has 2 saturated heterocycles. The Balaban J connectivity index is 1.35. The van der Waals surface area contributed by atoms with Crippen LogP contribution < -0.4 is 5.32 Å². The molecule has 2 aromatic carbocycles. The van der Waals surface area contributed by atoms with Gasteiger partial charge in [0.05, 0.1) is 30.1 Å². The zero-order valence-electron chi connectivity index (χ0n) is 19.4. The van der Waals surface area contributed by atoms with E-state index in [1.165, 1.54) is 30.5 Å². The third-order valence-electron chi connectivity index (χ3n) is 6.66. The molecule has 0 atom stereocenters. The molecule has 7 heteroatoms. The van der Waals surface area contributed by atoms with Crippen molar-refractivity contribution < 1.29 is 13.9 Å². The second-order valence-corrected chi connectivity index (χ2v) is 9.15. The molecule has 2 fully saturated rings. The quantitative estimate of drug-likeness (QED) is 0.568. The molecule has 1 amide bonds. The molecule has 178 valence electrons. The van der Waals surface area contributed by atoms with E-state index in [1.807, 2.05) is 6.07 Å². The Labute approximate surface area is 199 Å². The summed E-state index contributed by atoms with van der Waals surface area (Å²) in [5, 5.41) is 3.63. The van der Waals surface area contributed by atoms with Gasteiger partial charge in [0, 0.05) is 43.5 Å². The van der Waals surface area contributed by atoms with Gasteiger partial charge in [-0.1, -0.05) is 24.3 Å². The van der Waals surface area contributed by atoms with E-state index in [9.17, 15) is 9.18 Å². The van der Waals surface area contributed by atoms with Crippen LogP contribution in [0.2, 0.25) is 0 Å². The number of nitrogens with one attached hydrogen (secondary N) is 1. The Bertz CT molecular complexity index is 1140. The number of likely N-dealkylation sites (tertiary alicyclic amines) is 1. The molecule has 3 heterocycles. The van der Waals surface area contributed by atoms with Crippen LogP contribution in [0.4, 0.5) is 10.1 Å². The normalized spacial score (nSPS) is 17.3. The van der Waals surface area contributed by atoms with Crippen LogP contribution in [0.5, 0.6) is 0 Å². The third kappa shape index (κ3) is 5.60. The van der Waals surface area contributed by atoms with Crippen molar-refractivity contribution in [3.05, 3.63) is 59.9 Å². The van der Waals surface area contributed by atoms with Gasteiger partial charge in [-0.05, 0) is 55.8 Å². The first-order valence-electron chi connectivity index (χ1n) is 12.2. The second kappa shape index (κ2) is 10.6. The van der Waals surface area contributed by atoms with Crippen molar-refractivity contribution in [3.63, 3.8) is 0 Å². The average molecular weight is 463 g/mol. The fraction of sp³-hybridized carbons (Fsp3) is 0.407. The highest BCUT2D eigenvalue weighted by Crippen LogP contribution is 2.29. The van der Waals surface area contributed by atoms with E-state index < -0.39 is 0 Å². The molecule has 0 unspecified atom stereocenters. The van der Waals surface area contributed by atoms with Crippen molar-refractivity contribution in [2.45, 2.75) is 25.8 Å². The molecule has 1 N–H and O–H groups in total. The summed E-state index contributed by atoms with van der Waals surface area (Å²) in [6, 6.07) is 14.7. The minimum Gasteiger partial charge on any atom is -0.379 e. The first-order valence-corrected chi connectivity index (χ1v) is 12.2. The zero-order chi connectivity index (χ0) is 23.3. The number of nitrogens with zero attached hydrogens (tertiary/aromatic N) is 3. The second-order valence-electron chi connectivity index (χ2n) is 9.15. The Kier molecular flexibility index (Phi) is 7.13. The standard InChI is InChI=1S/C27H31FN4O2/c28-22-7-8-24-23(17-22)26(30-27(33)9-12-31-10-1-2-11-31)18-25(29-24)21-5-3-20(4-6-21)19-32-13-15-34-16-14-32/h3-8,17-18H,1-2,9-16,19H2,(H,29,30,33). The van der Waals surface area contributed by atoms with E-state index >= 15 is 0 Å². The summed E-state index contributed by atoms with van der Waals surface area (Å²) in [4.78, 5) is 22.2. The van der Waals surface area contributed by atoms with E-state index in [1.54, 1.807) is 6.07 Å². The van der Waals surface area contributed by atoms with E-state index in [2.05, 4.69) is 39.4 Å². The van der Waals surface area contributed by atoms with Gasteiger partial charge in [0.1, 0.15) is 5.82 Å². The number of amides is 1. The lowest BCUT2D eigenvalue weighted by Gasteiger charge is -2.26. The number of pyridine rings is 1.